The predicted molar refractivity (Wildman–Crippen MR) is 115 cm³/mol. The molecular weight excluding hydrogens is 398 g/mol. The Balaban J connectivity index is 1.59. The number of benzene rings is 3. The van der Waals surface area contributed by atoms with E-state index in [9.17, 15) is 9.59 Å². The molecule has 0 atom stereocenters. The summed E-state index contributed by atoms with van der Waals surface area (Å²) in [5.74, 6) is -0.0673. The van der Waals surface area contributed by atoms with Crippen molar-refractivity contribution in [3.8, 4) is 11.5 Å². The molecule has 0 aliphatic heterocycles. The number of hydrogen-bond acceptors (Lipinski definition) is 7. The molecule has 8 nitrogen and oxygen atoms in total. The van der Waals surface area contributed by atoms with Gasteiger partial charge in [-0.1, -0.05) is 18.2 Å². The first kappa shape index (κ1) is 21.5. The van der Waals surface area contributed by atoms with Crippen molar-refractivity contribution in [2.45, 2.75) is 6.92 Å². The van der Waals surface area contributed by atoms with Gasteiger partial charge in [-0.2, -0.15) is 0 Å². The molecule has 8 heteroatoms. The molecule has 0 heterocycles. The normalized spacial score (nSPS) is 10.5. The van der Waals surface area contributed by atoms with Gasteiger partial charge >= 0.3 is 5.97 Å². The van der Waals surface area contributed by atoms with Crippen LogP contribution in [0, 0.1) is 6.92 Å². The summed E-state index contributed by atoms with van der Waals surface area (Å²) in [7, 11) is 3.00. The van der Waals surface area contributed by atoms with E-state index in [1.807, 2.05) is 19.1 Å². The maximum atomic E-state index is 12.2. The summed E-state index contributed by atoms with van der Waals surface area (Å²) < 4.78 is 10.3. The van der Waals surface area contributed by atoms with Gasteiger partial charge in [0.1, 0.15) is 0 Å². The minimum atomic E-state index is -0.589. The number of hydrogen-bond donors (Lipinski definition) is 1. The van der Waals surface area contributed by atoms with Crippen molar-refractivity contribution in [1.82, 2.24) is 0 Å². The molecule has 3 aromatic rings. The minimum absolute atomic E-state index is 0.297. The molecule has 0 unspecified atom stereocenters. The minimum Gasteiger partial charge on any atom is -0.493 e. The Bertz CT molecular complexity index is 1110. The average Bonchev–Trinajstić information content (AvgIpc) is 2.81. The highest BCUT2D eigenvalue weighted by Gasteiger charge is 2.12. The van der Waals surface area contributed by atoms with Gasteiger partial charge in [-0.25, -0.2) is 10.3 Å². The Hall–Kier alpha value is -4.20. The Morgan fingerprint density at radius 3 is 2.26 bits per heavy atom. The summed E-state index contributed by atoms with van der Waals surface area (Å²) in [5, 5.41) is 7.71. The van der Waals surface area contributed by atoms with Crippen LogP contribution >= 0.6 is 0 Å². The lowest BCUT2D eigenvalue weighted by Gasteiger charge is -2.10. The van der Waals surface area contributed by atoms with E-state index >= 15 is 0 Å². The van der Waals surface area contributed by atoms with Crippen LogP contribution in [0.3, 0.4) is 0 Å². The Kier molecular flexibility index (Phi) is 6.95. The Labute approximate surface area is 179 Å². The molecule has 0 saturated heterocycles. The van der Waals surface area contributed by atoms with Crippen LogP contribution in [0.15, 0.2) is 77.0 Å². The first-order valence-corrected chi connectivity index (χ1v) is 9.33. The zero-order valence-electron chi connectivity index (χ0n) is 17.3. The maximum absolute atomic E-state index is 12.2. The summed E-state index contributed by atoms with van der Waals surface area (Å²) >= 11 is 0. The lowest BCUT2D eigenvalue weighted by atomic mass is 10.1. The summed E-state index contributed by atoms with van der Waals surface area (Å²) in [5.41, 5.74) is 5.22. The van der Waals surface area contributed by atoms with Crippen molar-refractivity contribution in [2.75, 3.05) is 19.7 Å². The van der Waals surface area contributed by atoms with E-state index in [0.29, 0.717) is 34.0 Å². The summed E-state index contributed by atoms with van der Waals surface area (Å²) in [6, 6.07) is 18.5. The molecule has 3 aromatic carbocycles. The maximum Gasteiger partial charge on any atom is 0.362 e. The molecule has 31 heavy (non-hydrogen) atoms. The van der Waals surface area contributed by atoms with Gasteiger partial charge in [0.2, 0.25) is 0 Å². The third kappa shape index (κ3) is 5.45. The first-order valence-electron chi connectivity index (χ1n) is 9.33. The zero-order chi connectivity index (χ0) is 22.2. The third-order valence-electron chi connectivity index (χ3n) is 4.38. The first-order chi connectivity index (χ1) is 15.0. The fourth-order valence-electron chi connectivity index (χ4n) is 2.69. The monoisotopic (exact) mass is 419 g/mol. The van der Waals surface area contributed by atoms with Crippen LogP contribution in [0.1, 0.15) is 26.3 Å². The smallest absolute Gasteiger partial charge is 0.362 e. The molecule has 3 rings (SSSR count). The lowest BCUT2D eigenvalue weighted by Crippen LogP contribution is -2.11. The number of carbonyl (C=O) groups is 2. The van der Waals surface area contributed by atoms with Crippen molar-refractivity contribution in [1.29, 1.82) is 0 Å². The van der Waals surface area contributed by atoms with E-state index in [2.05, 4.69) is 15.7 Å². The van der Waals surface area contributed by atoms with Crippen molar-refractivity contribution >= 4 is 23.3 Å². The van der Waals surface area contributed by atoms with E-state index in [0.717, 1.165) is 5.56 Å². The van der Waals surface area contributed by atoms with Crippen LogP contribution in [0.5, 0.6) is 11.5 Å². The van der Waals surface area contributed by atoms with Gasteiger partial charge in [-0.05, 0) is 61.0 Å². The van der Waals surface area contributed by atoms with Gasteiger partial charge in [0.05, 0.1) is 31.2 Å². The van der Waals surface area contributed by atoms with E-state index < -0.39 is 11.9 Å². The number of nitrogens with one attached hydrogen (secondary N) is 1. The third-order valence-corrected chi connectivity index (χ3v) is 4.38. The van der Waals surface area contributed by atoms with Crippen LogP contribution in [-0.2, 0) is 4.84 Å². The van der Waals surface area contributed by atoms with Crippen molar-refractivity contribution in [3.63, 3.8) is 0 Å². The van der Waals surface area contributed by atoms with Crippen LogP contribution in [-0.4, -0.2) is 26.1 Å². The van der Waals surface area contributed by atoms with Gasteiger partial charge in [0.25, 0.3) is 5.91 Å². The highest BCUT2D eigenvalue weighted by Crippen LogP contribution is 2.28. The molecule has 0 aromatic heterocycles. The number of anilines is 1. The molecule has 0 saturated carbocycles. The SMILES string of the molecule is COc1ccc(C(=O)ONc2ccc(N=NC(=O)c3ccccc3C)cc2)cc1OC. The summed E-state index contributed by atoms with van der Waals surface area (Å²) in [6.45, 7) is 1.84. The van der Waals surface area contributed by atoms with E-state index in [1.54, 1.807) is 48.5 Å². The number of aryl methyl sites for hydroxylation is 1. The molecule has 1 N–H and O–H groups in total. The molecule has 158 valence electrons. The molecule has 0 fully saturated rings. The largest absolute Gasteiger partial charge is 0.493 e. The summed E-state index contributed by atoms with van der Waals surface area (Å²) in [6.07, 6.45) is 0. The highest BCUT2D eigenvalue weighted by molar-refractivity contribution is 5.96. The Morgan fingerprint density at radius 2 is 1.58 bits per heavy atom. The number of methoxy groups -OCH3 is 2. The van der Waals surface area contributed by atoms with E-state index in [1.165, 1.54) is 20.3 Å². The number of nitrogens with zero attached hydrogens (tertiary/aromatic N) is 2. The fourth-order valence-corrected chi connectivity index (χ4v) is 2.69. The summed E-state index contributed by atoms with van der Waals surface area (Å²) in [4.78, 5) is 29.5. The van der Waals surface area contributed by atoms with E-state index in [-0.39, 0.29) is 0 Å². The van der Waals surface area contributed by atoms with Crippen LogP contribution in [0.4, 0.5) is 11.4 Å². The van der Waals surface area contributed by atoms with Gasteiger partial charge in [-0.15, -0.1) is 10.2 Å². The highest BCUT2D eigenvalue weighted by atomic mass is 16.7. The molecule has 1 amide bonds. The van der Waals surface area contributed by atoms with Crippen LogP contribution < -0.4 is 15.0 Å². The molecule has 0 spiro atoms. The molecule has 0 radical (unpaired) electrons. The number of ether oxygens (including phenoxy) is 2. The number of azo groups is 1. The van der Waals surface area contributed by atoms with Gasteiger partial charge in [-0.3, -0.25) is 4.79 Å². The van der Waals surface area contributed by atoms with Gasteiger partial charge in [0.15, 0.2) is 11.5 Å². The van der Waals surface area contributed by atoms with Gasteiger partial charge in [0, 0.05) is 5.56 Å². The quantitative estimate of drug-likeness (QED) is 0.422. The molecule has 0 aliphatic carbocycles. The fraction of sp³-hybridized carbons (Fsp3) is 0.130. The predicted octanol–water partition coefficient (Wildman–Crippen LogP) is 5.12. The van der Waals surface area contributed by atoms with Crippen molar-refractivity contribution < 1.29 is 23.9 Å². The standard InChI is InChI=1S/C23H21N3O5/c1-15-6-4-5-7-19(15)22(27)25-24-17-9-11-18(12-10-17)26-31-23(28)16-8-13-20(29-2)21(14-16)30-3/h4-14,26H,1-3H3. The second-order valence-corrected chi connectivity index (χ2v) is 6.43. The number of carbonyl (C=O) groups excluding carboxylic acids is 2. The zero-order valence-corrected chi connectivity index (χ0v) is 17.3. The second-order valence-electron chi connectivity index (χ2n) is 6.43. The van der Waals surface area contributed by atoms with Gasteiger partial charge < -0.3 is 14.3 Å². The molecular formula is C23H21N3O5. The lowest BCUT2D eigenvalue weighted by molar-refractivity contribution is 0.0596. The van der Waals surface area contributed by atoms with E-state index in [4.69, 9.17) is 14.3 Å². The number of amides is 1. The number of rotatable bonds is 7. The van der Waals surface area contributed by atoms with Crippen molar-refractivity contribution in [3.05, 3.63) is 83.4 Å². The molecule has 0 aliphatic rings. The van der Waals surface area contributed by atoms with Crippen molar-refractivity contribution in [2.24, 2.45) is 10.2 Å². The average molecular weight is 419 g/mol. The topological polar surface area (TPSA) is 98.6 Å². The Morgan fingerprint density at radius 1 is 0.871 bits per heavy atom. The van der Waals surface area contributed by atoms with Crippen LogP contribution in [0.25, 0.3) is 0 Å². The molecule has 0 bridgehead atoms. The van der Waals surface area contributed by atoms with Crippen LogP contribution in [0.2, 0.25) is 0 Å². The second kappa shape index (κ2) is 10.0.